The Kier molecular flexibility index (Phi) is 12.0. The van der Waals surface area contributed by atoms with Crippen LogP contribution in [0.1, 0.15) is 83.6 Å². The smallest absolute Gasteiger partial charge is 0.246 e. The highest BCUT2D eigenvalue weighted by atomic mass is 19.1. The normalized spacial score (nSPS) is 16.8. The predicted octanol–water partition coefficient (Wildman–Crippen LogP) is 5.42. The molecule has 2 atom stereocenters. The zero-order chi connectivity index (χ0) is 28.4. The van der Waals surface area contributed by atoms with Crippen LogP contribution in [0.2, 0.25) is 0 Å². The van der Waals surface area contributed by atoms with Crippen molar-refractivity contribution in [2.75, 3.05) is 32.1 Å². The average molecular weight is 544 g/mol. The van der Waals surface area contributed by atoms with Gasteiger partial charge in [0.2, 0.25) is 17.7 Å². The summed E-state index contributed by atoms with van der Waals surface area (Å²) in [4.78, 5) is 40.6. The monoisotopic (exact) mass is 543 g/mol. The van der Waals surface area contributed by atoms with Gasteiger partial charge in [0.1, 0.15) is 18.5 Å². The molecule has 0 aliphatic heterocycles. The highest BCUT2D eigenvalue weighted by Crippen LogP contribution is 2.50. The van der Waals surface area contributed by atoms with Crippen LogP contribution in [-0.2, 0) is 19.1 Å². The molecule has 0 spiro atoms. The zero-order valence-corrected chi connectivity index (χ0v) is 24.0. The van der Waals surface area contributed by atoms with Crippen molar-refractivity contribution in [1.82, 2.24) is 10.2 Å². The Hall–Kier alpha value is -2.74. The second-order valence-corrected chi connectivity index (χ2v) is 11.2. The lowest BCUT2D eigenvalue weighted by molar-refractivity contribution is -0.137. The molecule has 2 fully saturated rings. The van der Waals surface area contributed by atoms with Gasteiger partial charge in [0, 0.05) is 32.5 Å². The third-order valence-electron chi connectivity index (χ3n) is 7.93. The van der Waals surface area contributed by atoms with Crippen molar-refractivity contribution in [2.45, 2.75) is 84.1 Å². The molecule has 8 heteroatoms. The van der Waals surface area contributed by atoms with Crippen molar-refractivity contribution < 1.29 is 23.5 Å². The summed E-state index contributed by atoms with van der Waals surface area (Å²) in [5, 5.41) is 5.57. The first-order chi connectivity index (χ1) is 18.8. The maximum Gasteiger partial charge on any atom is 0.246 e. The number of carbonyl (C=O) groups excluding carboxylic acids is 3. The lowest BCUT2D eigenvalue weighted by Crippen LogP contribution is -2.52. The van der Waals surface area contributed by atoms with Gasteiger partial charge >= 0.3 is 0 Å². The van der Waals surface area contributed by atoms with Crippen LogP contribution in [0.3, 0.4) is 0 Å². The molecular formula is C31H46FN3O4. The fourth-order valence-electron chi connectivity index (χ4n) is 5.31. The van der Waals surface area contributed by atoms with Crippen molar-refractivity contribution in [2.24, 2.45) is 17.8 Å². The molecule has 1 aromatic carbocycles. The molecule has 0 saturated heterocycles. The van der Waals surface area contributed by atoms with Gasteiger partial charge in [-0.25, -0.2) is 4.39 Å². The van der Waals surface area contributed by atoms with E-state index in [9.17, 15) is 14.4 Å². The van der Waals surface area contributed by atoms with E-state index in [-0.39, 0.29) is 24.1 Å². The first-order valence-corrected chi connectivity index (χ1v) is 14.6. The predicted molar refractivity (Wildman–Crippen MR) is 152 cm³/mol. The summed E-state index contributed by atoms with van der Waals surface area (Å²) >= 11 is 0. The molecule has 2 saturated carbocycles. The number of methoxy groups -OCH3 is 1. The second kappa shape index (κ2) is 15.2. The van der Waals surface area contributed by atoms with Crippen molar-refractivity contribution in [1.29, 1.82) is 0 Å². The fraction of sp³-hybridized carbons (Fsp3) is 0.645. The maximum atomic E-state index is 15.2. The van der Waals surface area contributed by atoms with Gasteiger partial charge in [-0.2, -0.15) is 0 Å². The second-order valence-electron chi connectivity index (χ2n) is 11.2. The minimum absolute atomic E-state index is 0.141. The first-order valence-electron chi connectivity index (χ1n) is 14.6. The Labute approximate surface area is 232 Å². The van der Waals surface area contributed by atoms with Crippen LogP contribution in [0.15, 0.2) is 30.4 Å². The SMILES string of the molecule is C/C=C\CN(CCCCC)C(=O)C(NC(=O)COC)C(C)c1ccc(NC(=O)CC(C2CC2)C2CC2)c(F)c1. The molecule has 3 rings (SSSR count). The Morgan fingerprint density at radius 3 is 2.38 bits per heavy atom. The molecule has 0 radical (unpaired) electrons. The van der Waals surface area contributed by atoms with Gasteiger partial charge in [0.25, 0.3) is 0 Å². The zero-order valence-electron chi connectivity index (χ0n) is 24.0. The Bertz CT molecular complexity index is 994. The molecule has 0 heterocycles. The third kappa shape index (κ3) is 9.45. The van der Waals surface area contributed by atoms with E-state index < -0.39 is 23.7 Å². The highest BCUT2D eigenvalue weighted by Gasteiger charge is 2.42. The standard InChI is InChI=1S/C31H46FN3O4/c1-5-7-9-17-35(16-8-6-2)31(38)30(34-29(37)20-39-4)21(3)24-14-15-27(26(32)18-24)33-28(36)19-25(22-10-11-22)23-12-13-23/h6,8,14-15,18,21-23,25,30H,5,7,9-13,16-17,19-20H2,1-4H3,(H,33,36)(H,34,37)/b8-6-. The Morgan fingerprint density at radius 1 is 1.13 bits per heavy atom. The number of rotatable bonds is 17. The molecule has 2 aliphatic carbocycles. The largest absolute Gasteiger partial charge is 0.375 e. The molecule has 216 valence electrons. The van der Waals surface area contributed by atoms with E-state index in [0.717, 1.165) is 19.3 Å². The summed E-state index contributed by atoms with van der Waals surface area (Å²) in [5.41, 5.74) is 0.705. The summed E-state index contributed by atoms with van der Waals surface area (Å²) in [6.07, 6.45) is 11.9. The molecule has 3 amide bonds. The van der Waals surface area contributed by atoms with Crippen LogP contribution in [-0.4, -0.2) is 55.5 Å². The lowest BCUT2D eigenvalue weighted by Gasteiger charge is -2.31. The number of halogens is 1. The minimum atomic E-state index is -0.891. The summed E-state index contributed by atoms with van der Waals surface area (Å²) < 4.78 is 20.2. The molecule has 39 heavy (non-hydrogen) atoms. The van der Waals surface area contributed by atoms with Crippen LogP contribution in [0, 0.1) is 23.6 Å². The number of hydrogen-bond acceptors (Lipinski definition) is 4. The number of ether oxygens (including phenoxy) is 1. The summed E-state index contributed by atoms with van der Waals surface area (Å²) in [6.45, 7) is 6.64. The number of anilines is 1. The molecule has 7 nitrogen and oxygen atoms in total. The van der Waals surface area contributed by atoms with Crippen LogP contribution in [0.25, 0.3) is 0 Å². The van der Waals surface area contributed by atoms with Crippen molar-refractivity contribution >= 4 is 23.4 Å². The first kappa shape index (κ1) is 30.8. The number of nitrogens with one attached hydrogen (secondary N) is 2. The molecule has 2 unspecified atom stereocenters. The van der Waals surface area contributed by atoms with E-state index in [1.54, 1.807) is 24.0 Å². The van der Waals surface area contributed by atoms with Crippen molar-refractivity contribution in [3.8, 4) is 0 Å². The van der Waals surface area contributed by atoms with Gasteiger partial charge in [0.15, 0.2) is 0 Å². The molecule has 2 aliphatic rings. The third-order valence-corrected chi connectivity index (χ3v) is 7.93. The van der Waals surface area contributed by atoms with Gasteiger partial charge in [-0.1, -0.05) is 44.9 Å². The van der Waals surface area contributed by atoms with E-state index in [0.29, 0.717) is 42.8 Å². The van der Waals surface area contributed by atoms with Gasteiger partial charge in [-0.05, 0) is 74.5 Å². The highest BCUT2D eigenvalue weighted by molar-refractivity contribution is 5.91. The van der Waals surface area contributed by atoms with Crippen LogP contribution >= 0.6 is 0 Å². The number of amides is 3. The van der Waals surface area contributed by atoms with E-state index in [1.165, 1.54) is 38.9 Å². The number of hydrogen-bond donors (Lipinski definition) is 2. The number of allylic oxidation sites excluding steroid dienone is 1. The van der Waals surface area contributed by atoms with Crippen molar-refractivity contribution in [3.63, 3.8) is 0 Å². The number of unbranched alkanes of at least 4 members (excludes halogenated alkanes) is 2. The minimum Gasteiger partial charge on any atom is -0.375 e. The van der Waals surface area contributed by atoms with Gasteiger partial charge < -0.3 is 20.3 Å². The fourth-order valence-corrected chi connectivity index (χ4v) is 5.31. The number of benzene rings is 1. The van der Waals surface area contributed by atoms with Crippen LogP contribution in [0.5, 0.6) is 0 Å². The molecule has 2 N–H and O–H groups in total. The van der Waals surface area contributed by atoms with Gasteiger partial charge in [0.05, 0.1) is 5.69 Å². The van der Waals surface area contributed by atoms with Gasteiger partial charge in [-0.15, -0.1) is 0 Å². The van der Waals surface area contributed by atoms with Crippen molar-refractivity contribution in [3.05, 3.63) is 41.7 Å². The maximum absolute atomic E-state index is 15.2. The molecular weight excluding hydrogens is 497 g/mol. The summed E-state index contributed by atoms with van der Waals surface area (Å²) in [7, 11) is 1.42. The van der Waals surface area contributed by atoms with Gasteiger partial charge in [-0.3, -0.25) is 14.4 Å². The van der Waals surface area contributed by atoms with E-state index in [4.69, 9.17) is 4.74 Å². The molecule has 1 aromatic rings. The van der Waals surface area contributed by atoms with Crippen LogP contribution in [0.4, 0.5) is 10.1 Å². The molecule has 0 aromatic heterocycles. The number of nitrogens with zero attached hydrogens (tertiary/aromatic N) is 1. The summed E-state index contributed by atoms with van der Waals surface area (Å²) in [6, 6.07) is 3.74. The quantitative estimate of drug-likeness (QED) is 0.203. The Morgan fingerprint density at radius 2 is 1.82 bits per heavy atom. The topological polar surface area (TPSA) is 87.7 Å². The van der Waals surface area contributed by atoms with Crippen LogP contribution < -0.4 is 10.6 Å². The van der Waals surface area contributed by atoms with E-state index in [1.807, 2.05) is 19.1 Å². The van der Waals surface area contributed by atoms with E-state index >= 15 is 4.39 Å². The number of carbonyl (C=O) groups is 3. The Balaban J connectivity index is 1.74. The van der Waals surface area contributed by atoms with E-state index in [2.05, 4.69) is 17.6 Å². The lowest BCUT2D eigenvalue weighted by atomic mass is 9.91. The molecule has 0 bridgehead atoms. The average Bonchev–Trinajstić information content (AvgIpc) is 3.82. The summed E-state index contributed by atoms with van der Waals surface area (Å²) in [5.74, 6) is -0.126.